The largest absolute Gasteiger partial charge is 0.504 e. The van der Waals surface area contributed by atoms with E-state index in [1.807, 2.05) is 42.6 Å². The highest BCUT2D eigenvalue weighted by molar-refractivity contribution is 7.19. The van der Waals surface area contributed by atoms with Gasteiger partial charge < -0.3 is 25.8 Å². The second-order valence-electron chi connectivity index (χ2n) is 7.17. The van der Waals surface area contributed by atoms with E-state index in [0.717, 1.165) is 33.2 Å². The Morgan fingerprint density at radius 3 is 2.81 bits per heavy atom. The number of hydrogen-bond acceptors (Lipinski definition) is 8. The molecule has 0 radical (unpaired) electrons. The highest BCUT2D eigenvalue weighted by Gasteiger charge is 2.21. The van der Waals surface area contributed by atoms with Gasteiger partial charge in [0, 0.05) is 35.1 Å². The van der Waals surface area contributed by atoms with Crippen LogP contribution in [0.25, 0.3) is 21.8 Å². The van der Waals surface area contributed by atoms with Crippen LogP contribution in [-0.4, -0.2) is 42.4 Å². The van der Waals surface area contributed by atoms with Gasteiger partial charge in [-0.15, -0.1) is 10.2 Å². The number of carboxylic acids is 1. The number of nitrogens with one attached hydrogen (secondary N) is 3. The Balaban J connectivity index is 1.33. The quantitative estimate of drug-likeness (QED) is 0.236. The molecule has 1 atom stereocenters. The van der Waals surface area contributed by atoms with Crippen molar-refractivity contribution < 1.29 is 15.0 Å². The normalized spacial score (nSPS) is 12.1. The maximum atomic E-state index is 11.9. The summed E-state index contributed by atoms with van der Waals surface area (Å²) in [6.07, 6.45) is 3.71. The van der Waals surface area contributed by atoms with Crippen molar-refractivity contribution >= 4 is 55.1 Å². The Kier molecular flexibility index (Phi) is 5.04. The number of aliphatic carboxylic acids is 1. The van der Waals surface area contributed by atoms with Crippen LogP contribution < -0.4 is 10.6 Å². The molecule has 10 heteroatoms. The van der Waals surface area contributed by atoms with Crippen molar-refractivity contribution in [2.75, 3.05) is 10.6 Å². The predicted octanol–water partition coefficient (Wildman–Crippen LogP) is 4.12. The molecule has 9 nitrogen and oxygen atoms in total. The lowest BCUT2D eigenvalue weighted by Crippen LogP contribution is -2.31. The molecule has 0 aliphatic carbocycles. The fourth-order valence-electron chi connectivity index (χ4n) is 3.55. The third-order valence-corrected chi connectivity index (χ3v) is 5.88. The number of aromatic amines is 1. The van der Waals surface area contributed by atoms with Gasteiger partial charge >= 0.3 is 5.97 Å². The van der Waals surface area contributed by atoms with Crippen LogP contribution in [-0.2, 0) is 11.2 Å². The SMILES string of the molecule is O=C(O)[C@H](Cc1c[nH]c2ccccc12)Nc1nnc(Nc2ccc3cccnc3c2O)s1. The number of phenolic OH excluding ortho intramolecular Hbond substituents is 1. The Bertz CT molecular complexity index is 1430. The Morgan fingerprint density at radius 2 is 1.94 bits per heavy atom. The Morgan fingerprint density at radius 1 is 1.09 bits per heavy atom. The van der Waals surface area contributed by atoms with Crippen LogP contribution in [0.2, 0.25) is 0 Å². The molecule has 0 fully saturated rings. The summed E-state index contributed by atoms with van der Waals surface area (Å²) in [4.78, 5) is 19.2. The van der Waals surface area contributed by atoms with Crippen molar-refractivity contribution in [1.29, 1.82) is 0 Å². The number of pyridine rings is 1. The van der Waals surface area contributed by atoms with Crippen LogP contribution in [0, 0.1) is 0 Å². The van der Waals surface area contributed by atoms with Crippen LogP contribution in [0.1, 0.15) is 5.56 Å². The molecule has 0 bridgehead atoms. The number of H-pyrrole nitrogens is 1. The zero-order chi connectivity index (χ0) is 22.1. The van der Waals surface area contributed by atoms with Gasteiger partial charge in [-0.1, -0.05) is 41.7 Å². The molecule has 0 amide bonds. The summed E-state index contributed by atoms with van der Waals surface area (Å²) in [6.45, 7) is 0. The zero-order valence-corrected chi connectivity index (χ0v) is 17.4. The Labute approximate surface area is 185 Å². The van der Waals surface area contributed by atoms with E-state index in [2.05, 4.69) is 30.8 Å². The van der Waals surface area contributed by atoms with Gasteiger partial charge in [0.1, 0.15) is 11.6 Å². The fraction of sp³-hybridized carbons (Fsp3) is 0.0909. The fourth-order valence-corrected chi connectivity index (χ4v) is 4.26. The van der Waals surface area contributed by atoms with Crippen LogP contribution in [0.3, 0.4) is 0 Å². The molecule has 160 valence electrons. The van der Waals surface area contributed by atoms with Crippen molar-refractivity contribution in [3.05, 3.63) is 66.5 Å². The van der Waals surface area contributed by atoms with E-state index in [1.54, 1.807) is 18.3 Å². The van der Waals surface area contributed by atoms with Gasteiger partial charge in [-0.05, 0) is 23.8 Å². The standard InChI is InChI=1S/C22H18N6O3S/c29-19-16(8-7-12-4-3-9-23-18(12)19)25-21-27-28-22(32-21)26-17(20(30)31)10-13-11-24-15-6-2-1-5-14(13)15/h1-9,11,17,24,29H,10H2,(H,25,27)(H,26,28)(H,30,31)/t17-/m0/s1. The molecule has 0 saturated carbocycles. The summed E-state index contributed by atoms with van der Waals surface area (Å²) in [5.41, 5.74) is 2.77. The molecular weight excluding hydrogens is 428 g/mol. The van der Waals surface area contributed by atoms with Gasteiger partial charge in [-0.3, -0.25) is 4.98 Å². The minimum Gasteiger partial charge on any atom is -0.504 e. The van der Waals surface area contributed by atoms with E-state index in [9.17, 15) is 15.0 Å². The molecule has 0 aliphatic rings. The smallest absolute Gasteiger partial charge is 0.326 e. The van der Waals surface area contributed by atoms with Crippen LogP contribution in [0.5, 0.6) is 5.75 Å². The highest BCUT2D eigenvalue weighted by atomic mass is 32.1. The topological polar surface area (TPSA) is 136 Å². The van der Waals surface area contributed by atoms with Gasteiger partial charge in [0.25, 0.3) is 0 Å². The first kappa shape index (κ1) is 19.8. The number of carboxylic acid groups (broad SMARTS) is 1. The monoisotopic (exact) mass is 446 g/mol. The summed E-state index contributed by atoms with van der Waals surface area (Å²) < 4.78 is 0. The van der Waals surface area contributed by atoms with Crippen molar-refractivity contribution in [3.63, 3.8) is 0 Å². The van der Waals surface area contributed by atoms with Crippen molar-refractivity contribution in [2.24, 2.45) is 0 Å². The lowest BCUT2D eigenvalue weighted by atomic mass is 10.1. The lowest BCUT2D eigenvalue weighted by molar-refractivity contribution is -0.137. The van der Waals surface area contributed by atoms with Crippen molar-refractivity contribution in [1.82, 2.24) is 20.2 Å². The average Bonchev–Trinajstić information content (AvgIpc) is 3.42. The molecule has 0 aliphatic heterocycles. The molecule has 5 N–H and O–H groups in total. The Hall–Kier alpha value is -4.18. The first-order chi connectivity index (χ1) is 15.6. The molecule has 0 unspecified atom stereocenters. The molecule has 2 aromatic carbocycles. The number of aromatic nitrogens is 4. The highest BCUT2D eigenvalue weighted by Crippen LogP contribution is 2.34. The van der Waals surface area contributed by atoms with Gasteiger partial charge in [-0.25, -0.2) is 4.79 Å². The molecule has 0 saturated heterocycles. The summed E-state index contributed by atoms with van der Waals surface area (Å²) in [5.74, 6) is -0.978. The second-order valence-corrected chi connectivity index (χ2v) is 8.15. The molecule has 3 aromatic heterocycles. The lowest BCUT2D eigenvalue weighted by Gasteiger charge is -2.12. The van der Waals surface area contributed by atoms with E-state index >= 15 is 0 Å². The molecule has 5 aromatic rings. The third kappa shape index (κ3) is 3.79. The average molecular weight is 446 g/mol. The van der Waals surface area contributed by atoms with E-state index in [1.165, 1.54) is 0 Å². The van der Waals surface area contributed by atoms with Gasteiger partial charge in [0.05, 0.1) is 5.69 Å². The number of hydrogen-bond donors (Lipinski definition) is 5. The number of anilines is 3. The number of aromatic hydroxyl groups is 1. The van der Waals surface area contributed by atoms with Gasteiger partial charge in [0.2, 0.25) is 10.3 Å². The van der Waals surface area contributed by atoms with Crippen LogP contribution in [0.4, 0.5) is 16.0 Å². The first-order valence-corrected chi connectivity index (χ1v) is 10.6. The summed E-state index contributed by atoms with van der Waals surface area (Å²) in [5, 5.41) is 36.9. The van der Waals surface area contributed by atoms with Crippen molar-refractivity contribution in [3.8, 4) is 5.75 Å². The van der Waals surface area contributed by atoms with Crippen molar-refractivity contribution in [2.45, 2.75) is 12.5 Å². The number of nitrogens with zero attached hydrogens (tertiary/aromatic N) is 3. The summed E-state index contributed by atoms with van der Waals surface area (Å²) in [6, 6.07) is 14.1. The van der Waals surface area contributed by atoms with Gasteiger partial charge in [-0.2, -0.15) is 0 Å². The third-order valence-electron chi connectivity index (χ3n) is 5.11. The van der Waals surface area contributed by atoms with E-state index in [0.29, 0.717) is 21.5 Å². The van der Waals surface area contributed by atoms with E-state index in [-0.39, 0.29) is 12.2 Å². The number of carbonyl (C=O) groups is 1. The molecule has 5 rings (SSSR count). The van der Waals surface area contributed by atoms with Crippen LogP contribution >= 0.6 is 11.3 Å². The maximum Gasteiger partial charge on any atom is 0.326 e. The number of rotatable bonds is 7. The molecule has 3 heterocycles. The van der Waals surface area contributed by atoms with E-state index in [4.69, 9.17) is 0 Å². The first-order valence-electron chi connectivity index (χ1n) is 9.80. The maximum absolute atomic E-state index is 11.9. The summed E-state index contributed by atoms with van der Waals surface area (Å²) >= 11 is 1.16. The molecular formula is C22H18N6O3S. The van der Waals surface area contributed by atoms with E-state index < -0.39 is 12.0 Å². The van der Waals surface area contributed by atoms with Crippen LogP contribution in [0.15, 0.2) is 60.9 Å². The number of para-hydroxylation sites is 1. The number of benzene rings is 2. The molecule has 0 spiro atoms. The van der Waals surface area contributed by atoms with Gasteiger partial charge in [0.15, 0.2) is 5.75 Å². The minimum atomic E-state index is -0.988. The minimum absolute atomic E-state index is 0.00978. The number of fused-ring (bicyclic) bond motifs is 2. The molecule has 32 heavy (non-hydrogen) atoms. The predicted molar refractivity (Wildman–Crippen MR) is 124 cm³/mol. The number of phenols is 1. The zero-order valence-electron chi connectivity index (χ0n) is 16.6. The second kappa shape index (κ2) is 8.16. The summed E-state index contributed by atoms with van der Waals surface area (Å²) in [7, 11) is 0.